The SMILES string of the molecule is CCOC(=O)[C@H](C)NP(=O)(N[C@@](C)(CC)C(=O)OCC)Oc1ccc(COC(=O)N(CC)CCNC(=O)c2c(C)[nH]c(/C=C3\C(=O)NC4=CC=C(F)CC43)c2C)cc1. The smallest absolute Gasteiger partial charge is 0.410 e. The van der Waals surface area contributed by atoms with Gasteiger partial charge in [-0.25, -0.2) is 23.9 Å². The Morgan fingerprint density at radius 2 is 1.74 bits per heavy atom. The second-order valence-electron chi connectivity index (χ2n) is 14.0. The summed E-state index contributed by atoms with van der Waals surface area (Å²) in [4.78, 5) is 68.7. The summed E-state index contributed by atoms with van der Waals surface area (Å²) in [6.45, 7) is 14.0. The molecule has 4 rings (SSSR count). The van der Waals surface area contributed by atoms with E-state index >= 15 is 0 Å². The third-order valence-corrected chi connectivity index (χ3v) is 11.8. The molecule has 4 atom stereocenters. The number of aromatic amines is 1. The molecule has 1 aromatic carbocycles. The average molecular weight is 829 g/mol. The zero-order chi connectivity index (χ0) is 42.8. The molecule has 0 saturated carbocycles. The summed E-state index contributed by atoms with van der Waals surface area (Å²) in [6.07, 6.45) is 4.23. The topological polar surface area (TPSA) is 206 Å². The molecule has 0 bridgehead atoms. The van der Waals surface area contributed by atoms with Gasteiger partial charge in [0.25, 0.3) is 11.8 Å². The van der Waals surface area contributed by atoms with Crippen molar-refractivity contribution in [3.8, 4) is 5.75 Å². The molecule has 5 N–H and O–H groups in total. The summed E-state index contributed by atoms with van der Waals surface area (Å²) in [5, 5.41) is 11.0. The minimum Gasteiger partial charge on any atom is -0.465 e. The first kappa shape index (κ1) is 45.5. The molecule has 58 heavy (non-hydrogen) atoms. The predicted molar refractivity (Wildman–Crippen MR) is 214 cm³/mol. The Morgan fingerprint density at radius 3 is 2.38 bits per heavy atom. The second-order valence-corrected chi connectivity index (χ2v) is 15.8. The third kappa shape index (κ3) is 11.2. The van der Waals surface area contributed by atoms with Gasteiger partial charge >= 0.3 is 25.7 Å². The zero-order valence-electron chi connectivity index (χ0n) is 34.2. The summed E-state index contributed by atoms with van der Waals surface area (Å²) in [6, 6.07) is 5.16. The van der Waals surface area contributed by atoms with Gasteiger partial charge in [0.05, 0.1) is 18.8 Å². The van der Waals surface area contributed by atoms with Crippen LogP contribution in [-0.2, 0) is 39.8 Å². The number of amides is 3. The van der Waals surface area contributed by atoms with E-state index in [0.717, 1.165) is 0 Å². The number of nitrogens with zero attached hydrogens (tertiary/aromatic N) is 1. The summed E-state index contributed by atoms with van der Waals surface area (Å²) in [5.74, 6) is -2.59. The second kappa shape index (κ2) is 19.9. The van der Waals surface area contributed by atoms with Crippen molar-refractivity contribution in [3.05, 3.63) is 81.6 Å². The van der Waals surface area contributed by atoms with Gasteiger partial charge < -0.3 is 39.3 Å². The molecule has 1 aromatic heterocycles. The molecular formula is C40H54FN6O10P. The van der Waals surface area contributed by atoms with E-state index in [1.165, 1.54) is 37.0 Å². The lowest BCUT2D eigenvalue weighted by Crippen LogP contribution is -2.52. The molecular weight excluding hydrogens is 774 g/mol. The van der Waals surface area contributed by atoms with Crippen LogP contribution in [0.5, 0.6) is 5.75 Å². The van der Waals surface area contributed by atoms with Gasteiger partial charge in [-0.2, -0.15) is 0 Å². The molecule has 1 aliphatic carbocycles. The lowest BCUT2D eigenvalue weighted by atomic mass is 9.91. The van der Waals surface area contributed by atoms with Crippen molar-refractivity contribution in [2.75, 3.05) is 32.8 Å². The minimum absolute atomic E-state index is 0.0835. The van der Waals surface area contributed by atoms with Gasteiger partial charge in [-0.15, -0.1) is 0 Å². The van der Waals surface area contributed by atoms with E-state index in [-0.39, 0.29) is 69.1 Å². The summed E-state index contributed by atoms with van der Waals surface area (Å²) in [5.41, 5.74) is 2.40. The molecule has 1 saturated heterocycles. The largest absolute Gasteiger partial charge is 0.465 e. The van der Waals surface area contributed by atoms with E-state index in [9.17, 15) is 32.9 Å². The first-order valence-corrected chi connectivity index (χ1v) is 20.9. The van der Waals surface area contributed by atoms with Crippen LogP contribution in [0.2, 0.25) is 0 Å². The van der Waals surface area contributed by atoms with Crippen molar-refractivity contribution in [2.24, 2.45) is 5.92 Å². The average Bonchev–Trinajstić information content (AvgIpc) is 3.64. The number of hydrogen-bond acceptors (Lipinski definition) is 10. The monoisotopic (exact) mass is 828 g/mol. The van der Waals surface area contributed by atoms with Crippen molar-refractivity contribution >= 4 is 43.6 Å². The molecule has 0 spiro atoms. The fraction of sp³-hybridized carbons (Fsp3) is 0.475. The lowest BCUT2D eigenvalue weighted by molar-refractivity contribution is -0.149. The van der Waals surface area contributed by atoms with Gasteiger partial charge in [-0.3, -0.25) is 19.2 Å². The first-order valence-electron chi connectivity index (χ1n) is 19.3. The highest BCUT2D eigenvalue weighted by atomic mass is 31.2. The van der Waals surface area contributed by atoms with E-state index in [2.05, 4.69) is 25.8 Å². The van der Waals surface area contributed by atoms with Gasteiger partial charge in [0.15, 0.2) is 0 Å². The highest BCUT2D eigenvalue weighted by Crippen LogP contribution is 2.43. The Balaban J connectivity index is 1.34. The molecule has 16 nitrogen and oxygen atoms in total. The Bertz CT molecular complexity index is 2010. The van der Waals surface area contributed by atoms with E-state index in [0.29, 0.717) is 45.9 Å². The quantitative estimate of drug-likeness (QED) is 0.0505. The van der Waals surface area contributed by atoms with Crippen LogP contribution in [0.4, 0.5) is 9.18 Å². The maximum absolute atomic E-state index is 14.2. The van der Waals surface area contributed by atoms with Crippen molar-refractivity contribution in [2.45, 2.75) is 86.4 Å². The Labute approximate surface area is 337 Å². The van der Waals surface area contributed by atoms with Gasteiger partial charge in [0, 0.05) is 54.6 Å². The number of rotatable bonds is 19. The number of carbonyl (C=O) groups excluding carboxylic acids is 5. The van der Waals surface area contributed by atoms with Crippen molar-refractivity contribution in [1.29, 1.82) is 0 Å². The molecule has 18 heteroatoms. The number of H-pyrrole nitrogens is 1. The number of likely N-dealkylation sites (N-methyl/N-ethyl adjacent to an activating group) is 1. The number of aryl methyl sites for hydroxylation is 1. The normalized spacial score (nSPS) is 18.1. The van der Waals surface area contributed by atoms with Crippen LogP contribution >= 0.6 is 7.67 Å². The van der Waals surface area contributed by atoms with Crippen LogP contribution in [0.3, 0.4) is 0 Å². The van der Waals surface area contributed by atoms with Crippen LogP contribution in [0.1, 0.15) is 87.3 Å². The van der Waals surface area contributed by atoms with E-state index in [4.69, 9.17) is 18.7 Å². The van der Waals surface area contributed by atoms with Crippen LogP contribution in [0.25, 0.3) is 6.08 Å². The van der Waals surface area contributed by atoms with E-state index in [1.54, 1.807) is 65.8 Å². The number of halogens is 1. The summed E-state index contributed by atoms with van der Waals surface area (Å²) in [7, 11) is -4.17. The summed E-state index contributed by atoms with van der Waals surface area (Å²) >= 11 is 0. The number of fused-ring (bicyclic) bond motifs is 1. The number of ether oxygens (including phenoxy) is 3. The molecule has 2 aliphatic rings. The fourth-order valence-electron chi connectivity index (χ4n) is 6.36. The summed E-state index contributed by atoms with van der Waals surface area (Å²) < 4.78 is 49.8. The Kier molecular flexibility index (Phi) is 15.6. The maximum Gasteiger partial charge on any atom is 0.410 e. The van der Waals surface area contributed by atoms with Crippen molar-refractivity contribution in [3.63, 3.8) is 0 Å². The number of carbonyl (C=O) groups is 5. The molecule has 3 amide bonds. The van der Waals surface area contributed by atoms with Crippen LogP contribution in [0, 0.1) is 19.8 Å². The molecule has 1 aliphatic heterocycles. The predicted octanol–water partition coefficient (Wildman–Crippen LogP) is 5.64. The number of aromatic nitrogens is 1. The molecule has 2 aromatic rings. The number of nitrogens with one attached hydrogen (secondary N) is 5. The van der Waals surface area contributed by atoms with Gasteiger partial charge in [0.1, 0.15) is 29.8 Å². The number of benzene rings is 1. The van der Waals surface area contributed by atoms with Crippen molar-refractivity contribution in [1.82, 2.24) is 30.7 Å². The zero-order valence-corrected chi connectivity index (χ0v) is 35.1. The van der Waals surface area contributed by atoms with E-state index < -0.39 is 43.2 Å². The molecule has 0 radical (unpaired) electrons. The first-order chi connectivity index (χ1) is 27.5. The van der Waals surface area contributed by atoms with E-state index in [1.807, 2.05) is 0 Å². The number of hydrogen-bond donors (Lipinski definition) is 5. The highest BCUT2D eigenvalue weighted by Gasteiger charge is 2.43. The number of allylic oxidation sites excluding steroid dienone is 4. The molecule has 1 fully saturated rings. The molecule has 316 valence electrons. The number of esters is 2. The van der Waals surface area contributed by atoms with Crippen LogP contribution < -0.4 is 25.3 Å². The van der Waals surface area contributed by atoms with Gasteiger partial charge in [-0.05, 0) is 96.4 Å². The molecule has 2 unspecified atom stereocenters. The van der Waals surface area contributed by atoms with Crippen LogP contribution in [0.15, 0.2) is 53.5 Å². The Morgan fingerprint density at radius 1 is 1.05 bits per heavy atom. The fourth-order valence-corrected chi connectivity index (χ4v) is 8.46. The Hall–Kier alpha value is -5.25. The lowest BCUT2D eigenvalue weighted by Gasteiger charge is -2.33. The van der Waals surface area contributed by atoms with Gasteiger partial charge in [0.2, 0.25) is 0 Å². The van der Waals surface area contributed by atoms with Crippen LogP contribution in [-0.4, -0.2) is 84.2 Å². The molecule has 2 heterocycles. The maximum atomic E-state index is 14.2. The standard InChI is InChI=1S/C40H54FN6O10P/c1-9-40(8,38(51)55-12-4)46-58(53,45-26(7)37(50)54-11-3)57-29-16-13-27(14-17-29)23-56-39(52)47(10-2)20-19-42-36(49)34-24(5)33(43-25(34)6)22-31-30-21-28(41)15-18-32(30)44-35(31)48/h13-18,22,26,30,43H,9-12,19-21,23H2,1-8H3,(H,42,49)(H,44,48)(H2,45,46,53)/b31-22-/t26-,30?,40-,58?/m0/s1. The third-order valence-electron chi connectivity index (χ3n) is 9.77. The van der Waals surface area contributed by atoms with Crippen molar-refractivity contribution < 1.29 is 51.7 Å². The highest BCUT2D eigenvalue weighted by molar-refractivity contribution is 7.55. The van der Waals surface area contributed by atoms with Gasteiger partial charge in [-0.1, -0.05) is 19.1 Å². The minimum atomic E-state index is -4.17.